The normalized spacial score (nSPS) is 20.6. The third-order valence-corrected chi connectivity index (χ3v) is 8.29. The van der Waals surface area contributed by atoms with Crippen molar-refractivity contribution in [2.45, 2.75) is 89.0 Å². The summed E-state index contributed by atoms with van der Waals surface area (Å²) in [4.78, 5) is 41.8. The van der Waals surface area contributed by atoms with Crippen molar-refractivity contribution < 1.29 is 27.6 Å². The highest BCUT2D eigenvalue weighted by Gasteiger charge is 2.42. The van der Waals surface area contributed by atoms with Crippen molar-refractivity contribution in [2.24, 2.45) is 0 Å². The molecule has 0 radical (unpaired) electrons. The standard InChI is InChI=1S/C29H36F3N5O3/c1-18(38)34-28(2,3)27(40)35-15-12-20(13-16-35)37-25(19-10-11-19)22(17-33-37)26(39)36-14-6-9-24(36)21-7-4-5-8-23(21)29(30,31)32/h4-5,7-8,17,19-20,24H,6,9-16H2,1-3H3,(H,34,38). The molecule has 3 amide bonds. The maximum atomic E-state index is 13.9. The number of aromatic nitrogens is 2. The summed E-state index contributed by atoms with van der Waals surface area (Å²) in [7, 11) is 0. The van der Waals surface area contributed by atoms with Crippen LogP contribution in [0.1, 0.15) is 104 Å². The molecule has 2 aliphatic heterocycles. The van der Waals surface area contributed by atoms with Crippen molar-refractivity contribution in [3.05, 3.63) is 52.8 Å². The first-order chi connectivity index (χ1) is 18.9. The molecule has 11 heteroatoms. The van der Waals surface area contributed by atoms with Crippen LogP contribution in [0.25, 0.3) is 0 Å². The van der Waals surface area contributed by atoms with E-state index in [1.807, 2.05) is 4.68 Å². The van der Waals surface area contributed by atoms with Gasteiger partial charge in [0.05, 0.1) is 35.1 Å². The van der Waals surface area contributed by atoms with Gasteiger partial charge in [0.25, 0.3) is 5.91 Å². The maximum absolute atomic E-state index is 13.9. The number of alkyl halides is 3. The molecule has 3 fully saturated rings. The van der Waals surface area contributed by atoms with E-state index in [0.29, 0.717) is 50.9 Å². The SMILES string of the molecule is CC(=O)NC(C)(C)C(=O)N1CCC(n2ncc(C(=O)N3CCCC3c3ccccc3C(F)(F)F)c2C2CC2)CC1. The molecule has 1 N–H and O–H groups in total. The number of piperidine rings is 1. The number of nitrogens with zero attached hydrogens (tertiary/aromatic N) is 4. The lowest BCUT2D eigenvalue weighted by molar-refractivity contribution is -0.141. The van der Waals surface area contributed by atoms with Gasteiger partial charge in [-0.1, -0.05) is 18.2 Å². The van der Waals surface area contributed by atoms with E-state index >= 15 is 0 Å². The molecule has 1 atom stereocenters. The fourth-order valence-electron chi connectivity index (χ4n) is 6.33. The highest BCUT2D eigenvalue weighted by atomic mass is 19.4. The first-order valence-corrected chi connectivity index (χ1v) is 14.0. The first-order valence-electron chi connectivity index (χ1n) is 14.0. The molecule has 1 saturated carbocycles. The average molecular weight is 560 g/mol. The Morgan fingerprint density at radius 1 is 0.975 bits per heavy atom. The predicted octanol–water partition coefficient (Wildman–Crippen LogP) is 4.83. The molecule has 216 valence electrons. The molecule has 3 heterocycles. The van der Waals surface area contributed by atoms with Crippen molar-refractivity contribution in [1.82, 2.24) is 24.9 Å². The Kier molecular flexibility index (Phi) is 7.43. The smallest absolute Gasteiger partial charge is 0.342 e. The van der Waals surface area contributed by atoms with Crippen molar-refractivity contribution in [2.75, 3.05) is 19.6 Å². The maximum Gasteiger partial charge on any atom is 0.416 e. The molecular formula is C29H36F3N5O3. The van der Waals surface area contributed by atoms with Crippen LogP contribution >= 0.6 is 0 Å². The van der Waals surface area contributed by atoms with Crippen LogP contribution in [0.2, 0.25) is 0 Å². The Labute approximate surface area is 231 Å². The molecule has 5 rings (SSSR count). The molecule has 2 aromatic rings. The molecule has 3 aliphatic rings. The number of benzene rings is 1. The summed E-state index contributed by atoms with van der Waals surface area (Å²) in [5.41, 5.74) is -0.214. The zero-order valence-electron chi connectivity index (χ0n) is 23.1. The molecule has 40 heavy (non-hydrogen) atoms. The largest absolute Gasteiger partial charge is 0.416 e. The van der Waals surface area contributed by atoms with Crippen molar-refractivity contribution in [3.63, 3.8) is 0 Å². The van der Waals surface area contributed by atoms with E-state index in [2.05, 4.69) is 10.4 Å². The summed E-state index contributed by atoms with van der Waals surface area (Å²) in [6.45, 7) is 6.17. The van der Waals surface area contributed by atoms with Crippen LogP contribution < -0.4 is 5.32 Å². The van der Waals surface area contributed by atoms with Gasteiger partial charge in [-0.25, -0.2) is 0 Å². The molecular weight excluding hydrogens is 523 g/mol. The Hall–Kier alpha value is -3.37. The molecule has 8 nitrogen and oxygen atoms in total. The average Bonchev–Trinajstić information content (AvgIpc) is 3.44. The highest BCUT2D eigenvalue weighted by Crippen LogP contribution is 2.45. The van der Waals surface area contributed by atoms with E-state index < -0.39 is 23.3 Å². The van der Waals surface area contributed by atoms with Gasteiger partial charge in [-0.2, -0.15) is 18.3 Å². The number of halogens is 3. The molecule has 1 aromatic carbocycles. The topological polar surface area (TPSA) is 87.5 Å². The lowest BCUT2D eigenvalue weighted by Gasteiger charge is -2.37. The lowest BCUT2D eigenvalue weighted by atomic mass is 9.97. The van der Waals surface area contributed by atoms with Crippen LogP contribution in [0, 0.1) is 0 Å². The van der Waals surface area contributed by atoms with E-state index in [1.54, 1.807) is 35.9 Å². The van der Waals surface area contributed by atoms with Gasteiger partial charge in [0, 0.05) is 32.5 Å². The molecule has 1 unspecified atom stereocenters. The number of amides is 3. The van der Waals surface area contributed by atoms with Gasteiger partial charge in [-0.3, -0.25) is 19.1 Å². The number of nitrogens with one attached hydrogen (secondary N) is 1. The Bertz CT molecular complexity index is 1290. The monoisotopic (exact) mass is 559 g/mol. The van der Waals surface area contributed by atoms with Gasteiger partial charge in [-0.05, 0) is 64.0 Å². The van der Waals surface area contributed by atoms with Gasteiger partial charge in [0.15, 0.2) is 0 Å². The van der Waals surface area contributed by atoms with Crippen LogP contribution in [0.15, 0.2) is 30.5 Å². The van der Waals surface area contributed by atoms with Crippen LogP contribution in [0.4, 0.5) is 13.2 Å². The quantitative estimate of drug-likeness (QED) is 0.549. The van der Waals surface area contributed by atoms with E-state index in [1.165, 1.54) is 19.1 Å². The third-order valence-electron chi connectivity index (χ3n) is 8.29. The van der Waals surface area contributed by atoms with Crippen LogP contribution in [-0.4, -0.2) is 62.5 Å². The Morgan fingerprint density at radius 2 is 1.65 bits per heavy atom. The van der Waals surface area contributed by atoms with Crippen molar-refractivity contribution in [3.8, 4) is 0 Å². The third kappa shape index (κ3) is 5.47. The van der Waals surface area contributed by atoms with E-state index in [4.69, 9.17) is 0 Å². The second-order valence-corrected chi connectivity index (χ2v) is 11.7. The van der Waals surface area contributed by atoms with E-state index in [-0.39, 0.29) is 35.2 Å². The lowest BCUT2D eigenvalue weighted by Crippen LogP contribution is -2.56. The number of hydrogen-bond donors (Lipinski definition) is 1. The predicted molar refractivity (Wildman–Crippen MR) is 141 cm³/mol. The number of carbonyl (C=O) groups is 3. The van der Waals surface area contributed by atoms with Crippen LogP contribution in [0.3, 0.4) is 0 Å². The van der Waals surface area contributed by atoms with Crippen molar-refractivity contribution >= 4 is 17.7 Å². The number of rotatable bonds is 6. The van der Waals surface area contributed by atoms with E-state index in [9.17, 15) is 27.6 Å². The Morgan fingerprint density at radius 3 is 2.27 bits per heavy atom. The molecule has 0 bridgehead atoms. The zero-order valence-corrected chi connectivity index (χ0v) is 23.1. The highest BCUT2D eigenvalue weighted by molar-refractivity contribution is 5.96. The Balaban J connectivity index is 1.35. The second kappa shape index (κ2) is 10.6. The number of likely N-dealkylation sites (tertiary alicyclic amines) is 2. The zero-order chi connectivity index (χ0) is 28.8. The summed E-state index contributed by atoms with van der Waals surface area (Å²) in [6, 6.07) is 4.90. The van der Waals surface area contributed by atoms with Gasteiger partial charge >= 0.3 is 6.18 Å². The first kappa shape index (κ1) is 28.2. The molecule has 0 spiro atoms. The summed E-state index contributed by atoms with van der Waals surface area (Å²) < 4.78 is 43.3. The summed E-state index contributed by atoms with van der Waals surface area (Å²) in [5.74, 6) is -0.474. The minimum atomic E-state index is -4.49. The van der Waals surface area contributed by atoms with Gasteiger partial charge in [0.1, 0.15) is 5.54 Å². The number of carbonyl (C=O) groups excluding carboxylic acids is 3. The fourth-order valence-corrected chi connectivity index (χ4v) is 6.33. The van der Waals surface area contributed by atoms with Gasteiger partial charge in [0.2, 0.25) is 11.8 Å². The van der Waals surface area contributed by atoms with Gasteiger partial charge < -0.3 is 15.1 Å². The molecule has 2 saturated heterocycles. The molecule has 1 aromatic heterocycles. The fraction of sp³-hybridized carbons (Fsp3) is 0.586. The minimum Gasteiger partial charge on any atom is -0.342 e. The summed E-state index contributed by atoms with van der Waals surface area (Å²) in [6.07, 6.45) is 1.39. The minimum absolute atomic E-state index is 0.00501. The molecule has 1 aliphatic carbocycles. The second-order valence-electron chi connectivity index (χ2n) is 11.7. The van der Waals surface area contributed by atoms with Gasteiger partial charge in [-0.15, -0.1) is 0 Å². The van der Waals surface area contributed by atoms with Crippen molar-refractivity contribution in [1.29, 1.82) is 0 Å². The van der Waals surface area contributed by atoms with Crippen LogP contribution in [0.5, 0.6) is 0 Å². The summed E-state index contributed by atoms with van der Waals surface area (Å²) in [5, 5.41) is 7.34. The van der Waals surface area contributed by atoms with E-state index in [0.717, 1.165) is 24.6 Å². The summed E-state index contributed by atoms with van der Waals surface area (Å²) >= 11 is 0. The number of hydrogen-bond acceptors (Lipinski definition) is 4. The van der Waals surface area contributed by atoms with Crippen LogP contribution in [-0.2, 0) is 15.8 Å².